The van der Waals surface area contributed by atoms with Crippen molar-refractivity contribution in [3.8, 4) is 0 Å². The second-order valence-electron chi connectivity index (χ2n) is 11.5. The first-order valence-corrected chi connectivity index (χ1v) is 19.3. The van der Waals surface area contributed by atoms with E-state index in [0.29, 0.717) is 12.8 Å². The normalized spacial score (nSPS) is 12.3. The highest BCUT2D eigenvalue weighted by Gasteiger charge is 2.22. The summed E-state index contributed by atoms with van der Waals surface area (Å²) in [6, 6.07) is 0. The summed E-state index contributed by atoms with van der Waals surface area (Å²) in [5.41, 5.74) is 0. The summed E-state index contributed by atoms with van der Waals surface area (Å²) in [4.78, 5) is 53.3. The van der Waals surface area contributed by atoms with Gasteiger partial charge in [-0.05, 0) is 19.3 Å². The standard InChI is InChI=1S/C32H61O9PS/c1-3-4-5-6-7-8-12-16-19-22-25-32(35)41-30(28-40-42(36,37)38)27-39-31(34)24-21-18-15-13-10-9-11-14-17-20-23-26-43-29(2)33/h30H,3-28H2,1-2H3,(H2,36,37,38)/t30-/m0/s1. The van der Waals surface area contributed by atoms with Crippen molar-refractivity contribution in [1.82, 2.24) is 0 Å². The van der Waals surface area contributed by atoms with Gasteiger partial charge in [0.05, 0.1) is 6.61 Å². The predicted molar refractivity (Wildman–Crippen MR) is 174 cm³/mol. The minimum absolute atomic E-state index is 0.198. The van der Waals surface area contributed by atoms with Gasteiger partial charge in [0.2, 0.25) is 0 Å². The Balaban J connectivity index is 3.94. The molecule has 0 heterocycles. The van der Waals surface area contributed by atoms with Crippen LogP contribution in [0.3, 0.4) is 0 Å². The third kappa shape index (κ3) is 33.8. The molecule has 11 heteroatoms. The first-order valence-electron chi connectivity index (χ1n) is 16.8. The number of esters is 2. The van der Waals surface area contributed by atoms with Gasteiger partial charge in [-0.1, -0.05) is 134 Å². The largest absolute Gasteiger partial charge is 0.469 e. The molecule has 0 spiro atoms. The first kappa shape index (κ1) is 42.1. The molecule has 9 nitrogen and oxygen atoms in total. The fourth-order valence-corrected chi connectivity index (χ4v) is 5.73. The van der Waals surface area contributed by atoms with E-state index >= 15 is 0 Å². The number of unbranched alkanes of at least 4 members (excludes halogenated alkanes) is 19. The predicted octanol–water partition coefficient (Wildman–Crippen LogP) is 8.82. The van der Waals surface area contributed by atoms with Crippen molar-refractivity contribution in [1.29, 1.82) is 0 Å². The quantitative estimate of drug-likeness (QED) is 0.0424. The topological polar surface area (TPSA) is 136 Å². The van der Waals surface area contributed by atoms with Crippen LogP contribution >= 0.6 is 19.6 Å². The summed E-state index contributed by atoms with van der Waals surface area (Å²) in [7, 11) is -4.75. The number of hydrogen-bond donors (Lipinski definition) is 2. The van der Waals surface area contributed by atoms with E-state index in [-0.39, 0.29) is 24.6 Å². The Labute approximate surface area is 265 Å². The zero-order valence-corrected chi connectivity index (χ0v) is 28.8. The molecular formula is C32H61O9PS. The van der Waals surface area contributed by atoms with Crippen LogP contribution in [0.1, 0.15) is 162 Å². The fourth-order valence-electron chi connectivity index (χ4n) is 4.73. The molecule has 2 N–H and O–H groups in total. The van der Waals surface area contributed by atoms with Crippen molar-refractivity contribution in [3.05, 3.63) is 0 Å². The second-order valence-corrected chi connectivity index (χ2v) is 14.0. The molecule has 43 heavy (non-hydrogen) atoms. The van der Waals surface area contributed by atoms with E-state index in [9.17, 15) is 18.9 Å². The fraction of sp³-hybridized carbons (Fsp3) is 0.906. The lowest BCUT2D eigenvalue weighted by Gasteiger charge is -2.18. The Morgan fingerprint density at radius 2 is 1.05 bits per heavy atom. The smallest absolute Gasteiger partial charge is 0.462 e. The summed E-state index contributed by atoms with van der Waals surface area (Å²) >= 11 is 1.41. The molecule has 0 fully saturated rings. The van der Waals surface area contributed by atoms with Crippen molar-refractivity contribution < 1.29 is 42.7 Å². The van der Waals surface area contributed by atoms with E-state index in [1.165, 1.54) is 88.8 Å². The molecule has 0 aromatic rings. The van der Waals surface area contributed by atoms with Gasteiger partial charge in [0.15, 0.2) is 11.2 Å². The van der Waals surface area contributed by atoms with Crippen LogP contribution in [0.2, 0.25) is 0 Å². The number of hydrogen-bond acceptors (Lipinski definition) is 8. The van der Waals surface area contributed by atoms with Gasteiger partial charge in [-0.25, -0.2) is 4.57 Å². The number of phosphoric ester groups is 1. The van der Waals surface area contributed by atoms with Crippen LogP contribution in [0.5, 0.6) is 0 Å². The SMILES string of the molecule is CCCCCCCCCCCCC(=O)O[C@@H](COC(=O)CCCCCCCCCCCCCSC(C)=O)COP(=O)(O)O. The number of phosphoric acid groups is 1. The van der Waals surface area contributed by atoms with E-state index in [4.69, 9.17) is 19.3 Å². The highest BCUT2D eigenvalue weighted by atomic mass is 32.2. The number of carbonyl (C=O) groups is 3. The average Bonchev–Trinajstić information content (AvgIpc) is 2.95. The van der Waals surface area contributed by atoms with E-state index in [1.807, 2.05) is 0 Å². The molecule has 0 amide bonds. The Morgan fingerprint density at radius 1 is 0.628 bits per heavy atom. The lowest BCUT2D eigenvalue weighted by atomic mass is 10.1. The third-order valence-corrected chi connectivity index (χ3v) is 8.61. The molecule has 0 radical (unpaired) electrons. The van der Waals surface area contributed by atoms with Crippen molar-refractivity contribution in [2.75, 3.05) is 19.0 Å². The molecule has 0 aromatic carbocycles. The van der Waals surface area contributed by atoms with Crippen LogP contribution in [0, 0.1) is 0 Å². The van der Waals surface area contributed by atoms with E-state index in [2.05, 4.69) is 11.4 Å². The minimum atomic E-state index is -4.75. The molecular weight excluding hydrogens is 591 g/mol. The summed E-state index contributed by atoms with van der Waals surface area (Å²) in [5.74, 6) is 0.0221. The highest BCUT2D eigenvalue weighted by Crippen LogP contribution is 2.36. The van der Waals surface area contributed by atoms with Crippen LogP contribution in [0.25, 0.3) is 0 Å². The molecule has 0 saturated heterocycles. The Hall–Kier alpha value is -0.930. The molecule has 0 unspecified atom stereocenters. The van der Waals surface area contributed by atoms with Gasteiger partial charge in [0.25, 0.3) is 0 Å². The van der Waals surface area contributed by atoms with Gasteiger partial charge in [-0.3, -0.25) is 18.9 Å². The third-order valence-electron chi connectivity index (χ3n) is 7.22. The van der Waals surface area contributed by atoms with Crippen LogP contribution in [-0.4, -0.2) is 51.9 Å². The van der Waals surface area contributed by atoms with E-state index in [1.54, 1.807) is 6.92 Å². The molecule has 0 aliphatic heterocycles. The molecule has 0 aliphatic rings. The molecule has 254 valence electrons. The molecule has 0 rings (SSSR count). The van der Waals surface area contributed by atoms with Gasteiger partial charge in [-0.15, -0.1) is 0 Å². The van der Waals surface area contributed by atoms with Crippen molar-refractivity contribution >= 4 is 36.6 Å². The van der Waals surface area contributed by atoms with Gasteiger partial charge in [-0.2, -0.15) is 0 Å². The van der Waals surface area contributed by atoms with Crippen LogP contribution in [-0.2, 0) is 32.9 Å². The van der Waals surface area contributed by atoms with Crippen molar-refractivity contribution in [2.24, 2.45) is 0 Å². The van der Waals surface area contributed by atoms with Crippen LogP contribution in [0.15, 0.2) is 0 Å². The highest BCUT2D eigenvalue weighted by molar-refractivity contribution is 8.13. The summed E-state index contributed by atoms with van der Waals surface area (Å²) < 4.78 is 26.2. The van der Waals surface area contributed by atoms with Gasteiger partial charge in [0, 0.05) is 25.5 Å². The van der Waals surface area contributed by atoms with Crippen molar-refractivity contribution in [3.63, 3.8) is 0 Å². The Morgan fingerprint density at radius 3 is 1.49 bits per heavy atom. The summed E-state index contributed by atoms with van der Waals surface area (Å²) in [6.45, 7) is 2.99. The maximum atomic E-state index is 12.3. The number of carbonyl (C=O) groups excluding carboxylic acids is 3. The zero-order chi connectivity index (χ0) is 32.0. The maximum absolute atomic E-state index is 12.3. The molecule has 0 saturated carbocycles. The zero-order valence-electron chi connectivity index (χ0n) is 27.1. The van der Waals surface area contributed by atoms with Gasteiger partial charge < -0.3 is 19.3 Å². The lowest BCUT2D eigenvalue weighted by molar-refractivity contribution is -0.161. The number of ether oxygens (including phenoxy) is 2. The van der Waals surface area contributed by atoms with E-state index in [0.717, 1.165) is 50.7 Å². The Kier molecular flexibility index (Phi) is 29.1. The first-order chi connectivity index (χ1) is 20.6. The number of thioether (sulfide) groups is 1. The van der Waals surface area contributed by atoms with Gasteiger partial charge >= 0.3 is 19.8 Å². The molecule has 0 aliphatic carbocycles. The lowest BCUT2D eigenvalue weighted by Crippen LogP contribution is -2.29. The summed E-state index contributed by atoms with van der Waals surface area (Å²) in [6.07, 6.45) is 23.1. The summed E-state index contributed by atoms with van der Waals surface area (Å²) in [5, 5.41) is 0.198. The van der Waals surface area contributed by atoms with Crippen molar-refractivity contribution in [2.45, 2.75) is 168 Å². The second kappa shape index (κ2) is 29.8. The minimum Gasteiger partial charge on any atom is -0.462 e. The number of rotatable bonds is 31. The average molecular weight is 653 g/mol. The Bertz CT molecular complexity index is 744. The maximum Gasteiger partial charge on any atom is 0.469 e. The van der Waals surface area contributed by atoms with Gasteiger partial charge in [0.1, 0.15) is 6.61 Å². The molecule has 0 aromatic heterocycles. The molecule has 0 bridgehead atoms. The van der Waals surface area contributed by atoms with E-state index < -0.39 is 32.5 Å². The monoisotopic (exact) mass is 652 g/mol. The molecule has 1 atom stereocenters. The van der Waals surface area contributed by atoms with Crippen LogP contribution < -0.4 is 0 Å². The van der Waals surface area contributed by atoms with Crippen LogP contribution in [0.4, 0.5) is 0 Å².